The standard InChI is InChI=1S/C18H14N6O2/c19-6-10-7-23-18-14(24-10)3-4-15(18)26-11-1-2-13(20)12(5-11)17(21)16-8-22-9-25-16/h1-2,5,7-9,15,21H,3-4,20H2. The van der Waals surface area contributed by atoms with Crippen LogP contribution in [0.3, 0.4) is 0 Å². The molecule has 0 radical (unpaired) electrons. The van der Waals surface area contributed by atoms with Gasteiger partial charge in [-0.1, -0.05) is 0 Å². The molecule has 1 aromatic carbocycles. The van der Waals surface area contributed by atoms with Gasteiger partial charge in [0.2, 0.25) is 0 Å². The minimum absolute atomic E-state index is 0.135. The van der Waals surface area contributed by atoms with Crippen LogP contribution in [0.1, 0.15) is 40.9 Å². The van der Waals surface area contributed by atoms with Crippen LogP contribution in [0.25, 0.3) is 0 Å². The Bertz CT molecular complexity index is 1020. The normalized spacial score (nSPS) is 15.3. The molecule has 26 heavy (non-hydrogen) atoms. The zero-order chi connectivity index (χ0) is 18.1. The molecule has 0 amide bonds. The second-order valence-electron chi connectivity index (χ2n) is 5.83. The third kappa shape index (κ3) is 2.75. The van der Waals surface area contributed by atoms with Gasteiger partial charge in [0.1, 0.15) is 29.3 Å². The Kier molecular flexibility index (Phi) is 3.82. The molecule has 8 heteroatoms. The zero-order valence-corrected chi connectivity index (χ0v) is 13.6. The Morgan fingerprint density at radius 2 is 2.27 bits per heavy atom. The Morgan fingerprint density at radius 3 is 3.04 bits per heavy atom. The largest absolute Gasteiger partial charge is 0.484 e. The summed E-state index contributed by atoms with van der Waals surface area (Å²) in [5.74, 6) is 0.900. The molecule has 0 saturated heterocycles. The minimum atomic E-state index is -0.249. The minimum Gasteiger partial charge on any atom is -0.484 e. The summed E-state index contributed by atoms with van der Waals surface area (Å²) in [5.41, 5.74) is 8.93. The van der Waals surface area contributed by atoms with Crippen molar-refractivity contribution in [3.63, 3.8) is 0 Å². The van der Waals surface area contributed by atoms with E-state index in [-0.39, 0.29) is 11.8 Å². The molecule has 1 atom stereocenters. The van der Waals surface area contributed by atoms with Gasteiger partial charge in [0.25, 0.3) is 0 Å². The SMILES string of the molecule is N#Cc1cnc2c(n1)CCC2Oc1ccc(N)c(C(=N)c2cnco2)c1. The number of rotatable bonds is 4. The lowest BCUT2D eigenvalue weighted by atomic mass is 10.1. The fourth-order valence-corrected chi connectivity index (χ4v) is 2.92. The molecular weight excluding hydrogens is 332 g/mol. The van der Waals surface area contributed by atoms with Crippen LogP contribution >= 0.6 is 0 Å². The van der Waals surface area contributed by atoms with Crippen LogP contribution < -0.4 is 10.5 Å². The van der Waals surface area contributed by atoms with Gasteiger partial charge in [0.15, 0.2) is 17.8 Å². The summed E-state index contributed by atoms with van der Waals surface area (Å²) in [7, 11) is 0. The van der Waals surface area contributed by atoms with Gasteiger partial charge in [-0.3, -0.25) is 10.4 Å². The summed E-state index contributed by atoms with van der Waals surface area (Å²) in [4.78, 5) is 12.4. The lowest BCUT2D eigenvalue weighted by Crippen LogP contribution is -2.09. The van der Waals surface area contributed by atoms with Crippen molar-refractivity contribution < 1.29 is 9.15 Å². The highest BCUT2D eigenvalue weighted by molar-refractivity contribution is 6.12. The smallest absolute Gasteiger partial charge is 0.181 e. The Labute approximate surface area is 148 Å². The van der Waals surface area contributed by atoms with Crippen molar-refractivity contribution in [3.8, 4) is 11.8 Å². The second-order valence-corrected chi connectivity index (χ2v) is 5.83. The van der Waals surface area contributed by atoms with Crippen molar-refractivity contribution >= 4 is 11.4 Å². The van der Waals surface area contributed by atoms with E-state index in [4.69, 9.17) is 25.6 Å². The fraction of sp³-hybridized carbons (Fsp3) is 0.167. The van der Waals surface area contributed by atoms with E-state index in [0.717, 1.165) is 17.8 Å². The van der Waals surface area contributed by atoms with Gasteiger partial charge in [-0.25, -0.2) is 9.97 Å². The average Bonchev–Trinajstić information content (AvgIpc) is 3.32. The van der Waals surface area contributed by atoms with Crippen molar-refractivity contribution in [2.45, 2.75) is 18.9 Å². The topological polar surface area (TPSA) is 135 Å². The van der Waals surface area contributed by atoms with Gasteiger partial charge in [-0.15, -0.1) is 0 Å². The molecule has 3 N–H and O–H groups in total. The van der Waals surface area contributed by atoms with Crippen LogP contribution in [0.15, 0.2) is 41.4 Å². The Balaban J connectivity index is 1.60. The number of ether oxygens (including phenoxy) is 1. The average molecular weight is 346 g/mol. The molecule has 1 unspecified atom stereocenters. The summed E-state index contributed by atoms with van der Waals surface area (Å²) in [5, 5.41) is 17.2. The van der Waals surface area contributed by atoms with Crippen molar-refractivity contribution in [1.82, 2.24) is 15.0 Å². The molecule has 3 aromatic rings. The molecular formula is C18H14N6O2. The number of aromatic nitrogens is 3. The first-order chi connectivity index (χ1) is 12.7. The quantitative estimate of drug-likeness (QED) is 0.547. The first-order valence-corrected chi connectivity index (χ1v) is 7.95. The number of aryl methyl sites for hydroxylation is 1. The first-order valence-electron chi connectivity index (χ1n) is 7.95. The number of hydrogen-bond acceptors (Lipinski definition) is 8. The summed E-state index contributed by atoms with van der Waals surface area (Å²) in [6.45, 7) is 0. The molecule has 128 valence electrons. The van der Waals surface area contributed by atoms with Crippen LogP contribution in [-0.2, 0) is 6.42 Å². The van der Waals surface area contributed by atoms with Crippen molar-refractivity contribution in [2.75, 3.05) is 5.73 Å². The van der Waals surface area contributed by atoms with Crippen LogP contribution in [0, 0.1) is 16.7 Å². The number of hydrogen-bond donors (Lipinski definition) is 2. The van der Waals surface area contributed by atoms with Crippen molar-refractivity contribution in [2.24, 2.45) is 0 Å². The number of nitrogen functional groups attached to an aromatic ring is 1. The second kappa shape index (κ2) is 6.29. The molecule has 2 heterocycles. The van der Waals surface area contributed by atoms with Crippen LogP contribution in [-0.4, -0.2) is 20.7 Å². The van der Waals surface area contributed by atoms with E-state index >= 15 is 0 Å². The lowest BCUT2D eigenvalue weighted by Gasteiger charge is -2.15. The maximum absolute atomic E-state index is 8.93. The summed E-state index contributed by atoms with van der Waals surface area (Å²) >= 11 is 0. The molecule has 0 spiro atoms. The van der Waals surface area contributed by atoms with Gasteiger partial charge < -0.3 is 14.9 Å². The van der Waals surface area contributed by atoms with Crippen molar-refractivity contribution in [3.05, 3.63) is 65.4 Å². The third-order valence-electron chi connectivity index (χ3n) is 4.19. The molecule has 1 aliphatic carbocycles. The molecule has 0 bridgehead atoms. The number of oxazole rings is 1. The molecule has 1 aliphatic rings. The Morgan fingerprint density at radius 1 is 1.38 bits per heavy atom. The van der Waals surface area contributed by atoms with E-state index in [1.807, 2.05) is 6.07 Å². The van der Waals surface area contributed by atoms with E-state index in [0.29, 0.717) is 34.9 Å². The number of nitriles is 1. The Hall–Kier alpha value is -3.73. The highest BCUT2D eigenvalue weighted by Crippen LogP contribution is 2.33. The van der Waals surface area contributed by atoms with Crippen LogP contribution in [0.5, 0.6) is 5.75 Å². The zero-order valence-electron chi connectivity index (χ0n) is 13.6. The molecule has 0 aliphatic heterocycles. The fourth-order valence-electron chi connectivity index (χ4n) is 2.92. The van der Waals surface area contributed by atoms with Gasteiger partial charge in [-0.05, 0) is 31.0 Å². The van der Waals surface area contributed by atoms with Crippen LogP contribution in [0.2, 0.25) is 0 Å². The number of nitrogens with zero attached hydrogens (tertiary/aromatic N) is 4. The summed E-state index contributed by atoms with van der Waals surface area (Å²) in [6.07, 6.45) is 5.37. The third-order valence-corrected chi connectivity index (χ3v) is 4.19. The molecule has 4 rings (SSSR count). The highest BCUT2D eigenvalue weighted by atomic mass is 16.5. The number of nitrogens with two attached hydrogens (primary N) is 1. The monoisotopic (exact) mass is 346 g/mol. The first kappa shape index (κ1) is 15.8. The summed E-state index contributed by atoms with van der Waals surface area (Å²) in [6, 6.07) is 7.14. The number of nitrogens with one attached hydrogen (secondary N) is 1. The molecule has 8 nitrogen and oxygen atoms in total. The molecule has 0 saturated carbocycles. The van der Waals surface area contributed by atoms with Gasteiger partial charge in [0, 0.05) is 11.3 Å². The van der Waals surface area contributed by atoms with E-state index in [9.17, 15) is 0 Å². The van der Waals surface area contributed by atoms with E-state index in [1.54, 1.807) is 18.2 Å². The highest BCUT2D eigenvalue weighted by Gasteiger charge is 2.27. The van der Waals surface area contributed by atoms with Crippen molar-refractivity contribution in [1.29, 1.82) is 10.7 Å². The predicted molar refractivity (Wildman–Crippen MR) is 91.7 cm³/mol. The van der Waals surface area contributed by atoms with Gasteiger partial charge >= 0.3 is 0 Å². The number of benzene rings is 1. The van der Waals surface area contributed by atoms with E-state index in [2.05, 4.69) is 15.0 Å². The molecule has 2 aromatic heterocycles. The summed E-state index contributed by atoms with van der Waals surface area (Å²) < 4.78 is 11.2. The van der Waals surface area contributed by atoms with Crippen LogP contribution in [0.4, 0.5) is 5.69 Å². The maximum Gasteiger partial charge on any atom is 0.181 e. The maximum atomic E-state index is 8.93. The molecule has 0 fully saturated rings. The predicted octanol–water partition coefficient (Wildman–Crippen LogP) is 2.40. The number of fused-ring (bicyclic) bond motifs is 1. The lowest BCUT2D eigenvalue weighted by molar-refractivity contribution is 0.203. The van der Waals surface area contributed by atoms with Gasteiger partial charge in [0.05, 0.1) is 18.1 Å². The van der Waals surface area contributed by atoms with E-state index in [1.165, 1.54) is 18.8 Å². The van der Waals surface area contributed by atoms with Gasteiger partial charge in [-0.2, -0.15) is 5.26 Å². The van der Waals surface area contributed by atoms with E-state index < -0.39 is 0 Å². The number of anilines is 1.